The third kappa shape index (κ3) is 3.09. The molecule has 1 N–H and O–H groups in total. The molecule has 0 bridgehead atoms. The molecule has 0 saturated heterocycles. The number of anilines is 1. The van der Waals surface area contributed by atoms with Crippen LogP contribution in [0, 0.1) is 0 Å². The van der Waals surface area contributed by atoms with Gasteiger partial charge in [0, 0.05) is 13.6 Å². The maximum absolute atomic E-state index is 13.2. The molecular weight excluding hydrogens is 363 g/mol. The number of nitrogens with one attached hydrogen (secondary N) is 1. The summed E-state index contributed by atoms with van der Waals surface area (Å²) in [6.45, 7) is 2.07. The van der Waals surface area contributed by atoms with Gasteiger partial charge in [0.15, 0.2) is 0 Å². The summed E-state index contributed by atoms with van der Waals surface area (Å²) < 4.78 is 41.6. The van der Waals surface area contributed by atoms with Crippen LogP contribution in [-0.2, 0) is 19.8 Å². The van der Waals surface area contributed by atoms with Crippen molar-refractivity contribution in [1.29, 1.82) is 0 Å². The maximum atomic E-state index is 13.2. The van der Waals surface area contributed by atoms with Gasteiger partial charge in [-0.2, -0.15) is 13.2 Å². The van der Waals surface area contributed by atoms with Gasteiger partial charge in [-0.15, -0.1) is 0 Å². The minimum Gasteiger partial charge on any atom is -0.338 e. The Kier molecular flexibility index (Phi) is 4.54. The molecule has 3 rings (SSSR count). The molecule has 0 spiro atoms. The largest absolute Gasteiger partial charge is 0.416 e. The quantitative estimate of drug-likeness (QED) is 0.833. The van der Waals surface area contributed by atoms with E-state index in [-0.39, 0.29) is 29.2 Å². The average molecular weight is 379 g/mol. The van der Waals surface area contributed by atoms with Crippen molar-refractivity contribution in [2.24, 2.45) is 7.05 Å². The van der Waals surface area contributed by atoms with Crippen molar-refractivity contribution >= 4 is 17.7 Å². The van der Waals surface area contributed by atoms with Crippen LogP contribution in [0.2, 0.25) is 0 Å². The molecule has 0 unspecified atom stereocenters. The summed E-state index contributed by atoms with van der Waals surface area (Å²) in [6, 6.07) is 4.80. The number of alkyl halides is 3. The van der Waals surface area contributed by atoms with Gasteiger partial charge in [0.2, 0.25) is 5.78 Å². The number of halogens is 3. The molecule has 0 fully saturated rings. The van der Waals surface area contributed by atoms with Crippen LogP contribution in [0.5, 0.6) is 0 Å². The second-order valence-electron chi connectivity index (χ2n) is 6.12. The Morgan fingerprint density at radius 2 is 1.81 bits per heavy atom. The number of fused-ring (bicyclic) bond motifs is 1. The monoisotopic (exact) mass is 379 g/mol. The zero-order valence-electron chi connectivity index (χ0n) is 14.6. The Morgan fingerprint density at radius 1 is 1.15 bits per heavy atom. The molecule has 0 saturated carbocycles. The summed E-state index contributed by atoms with van der Waals surface area (Å²) in [7, 11) is 1.26. The van der Waals surface area contributed by atoms with Crippen molar-refractivity contribution in [2.75, 3.05) is 5.32 Å². The van der Waals surface area contributed by atoms with E-state index in [1.807, 2.05) is 6.92 Å². The first-order chi connectivity index (χ1) is 12.7. The molecule has 142 valence electrons. The molecule has 1 aliphatic rings. The molecule has 0 atom stereocenters. The van der Waals surface area contributed by atoms with Crippen LogP contribution in [0.3, 0.4) is 0 Å². The van der Waals surface area contributed by atoms with Crippen molar-refractivity contribution in [3.8, 4) is 0 Å². The minimum absolute atomic E-state index is 0.0192. The Bertz CT molecular complexity index is 1080. The van der Waals surface area contributed by atoms with Gasteiger partial charge in [0.05, 0.1) is 11.3 Å². The average Bonchev–Trinajstić information content (AvgIpc) is 2.93. The highest BCUT2D eigenvalue weighted by Crippen LogP contribution is 2.34. The summed E-state index contributed by atoms with van der Waals surface area (Å²) in [6.07, 6.45) is -2.98. The smallest absolute Gasteiger partial charge is 0.338 e. The summed E-state index contributed by atoms with van der Waals surface area (Å²) in [5.74, 6) is -0.724. The van der Waals surface area contributed by atoms with E-state index in [1.54, 1.807) is 0 Å². The number of benzene rings is 1. The molecule has 0 aliphatic carbocycles. The molecular formula is C18H16F3N3O3. The van der Waals surface area contributed by atoms with Gasteiger partial charge in [0.25, 0.3) is 5.56 Å². The lowest BCUT2D eigenvalue weighted by Gasteiger charge is -2.12. The fourth-order valence-electron chi connectivity index (χ4n) is 2.99. The molecule has 6 nitrogen and oxygen atoms in total. The third-order valence-corrected chi connectivity index (χ3v) is 4.28. The van der Waals surface area contributed by atoms with Gasteiger partial charge >= 0.3 is 11.9 Å². The van der Waals surface area contributed by atoms with Crippen LogP contribution in [-0.4, -0.2) is 14.9 Å². The molecule has 1 aliphatic heterocycles. The van der Waals surface area contributed by atoms with Gasteiger partial charge in [-0.1, -0.05) is 25.1 Å². The van der Waals surface area contributed by atoms with Gasteiger partial charge in [0.1, 0.15) is 11.4 Å². The number of carbonyl (C=O) groups excluding carboxylic acids is 1. The molecule has 2 aromatic rings. The number of ketones is 1. The highest BCUT2D eigenvalue weighted by molar-refractivity contribution is 6.19. The third-order valence-electron chi connectivity index (χ3n) is 4.28. The number of aromatic nitrogens is 2. The molecule has 0 radical (unpaired) electrons. The minimum atomic E-state index is -4.59. The summed E-state index contributed by atoms with van der Waals surface area (Å²) in [4.78, 5) is 37.3. The van der Waals surface area contributed by atoms with E-state index in [1.165, 1.54) is 29.8 Å². The van der Waals surface area contributed by atoms with Crippen LogP contribution in [0.25, 0.3) is 6.08 Å². The number of nitrogens with zero attached hydrogens (tertiary/aromatic N) is 2. The molecule has 27 heavy (non-hydrogen) atoms. The normalized spacial score (nSPS) is 15.1. The van der Waals surface area contributed by atoms with E-state index in [9.17, 15) is 27.6 Å². The van der Waals surface area contributed by atoms with Crippen LogP contribution >= 0.6 is 0 Å². The van der Waals surface area contributed by atoms with Crippen LogP contribution < -0.4 is 16.6 Å². The zero-order valence-corrected chi connectivity index (χ0v) is 14.6. The van der Waals surface area contributed by atoms with Crippen LogP contribution in [0.15, 0.2) is 39.6 Å². The molecule has 2 heterocycles. The predicted molar refractivity (Wildman–Crippen MR) is 93.6 cm³/mol. The maximum Gasteiger partial charge on any atom is 0.416 e. The lowest BCUT2D eigenvalue weighted by atomic mass is 10.0. The van der Waals surface area contributed by atoms with Gasteiger partial charge < -0.3 is 5.32 Å². The van der Waals surface area contributed by atoms with E-state index in [2.05, 4.69) is 5.32 Å². The molecule has 9 heteroatoms. The van der Waals surface area contributed by atoms with E-state index < -0.39 is 28.8 Å². The Hall–Kier alpha value is -3.10. The zero-order chi connectivity index (χ0) is 19.9. The van der Waals surface area contributed by atoms with E-state index in [0.717, 1.165) is 16.7 Å². The van der Waals surface area contributed by atoms with Crippen molar-refractivity contribution in [2.45, 2.75) is 26.1 Å². The summed E-state index contributed by atoms with van der Waals surface area (Å²) >= 11 is 0. The Labute approximate surface area is 151 Å². The first-order valence-electron chi connectivity index (χ1n) is 8.20. The van der Waals surface area contributed by atoms with Crippen molar-refractivity contribution in [1.82, 2.24) is 9.13 Å². The number of carbonyl (C=O) groups is 1. The van der Waals surface area contributed by atoms with E-state index in [4.69, 9.17) is 0 Å². The second kappa shape index (κ2) is 6.57. The van der Waals surface area contributed by atoms with Gasteiger partial charge in [-0.05, 0) is 24.1 Å². The lowest BCUT2D eigenvalue weighted by Crippen LogP contribution is -2.40. The van der Waals surface area contributed by atoms with Crippen LogP contribution in [0.1, 0.15) is 34.8 Å². The van der Waals surface area contributed by atoms with Crippen molar-refractivity contribution in [3.05, 3.63) is 67.5 Å². The van der Waals surface area contributed by atoms with Crippen LogP contribution in [0.4, 0.5) is 19.0 Å². The highest BCUT2D eigenvalue weighted by Gasteiger charge is 2.35. The number of Topliss-reactive ketones (excluding diaryl/α,β-unsaturated/α-hetero) is 1. The highest BCUT2D eigenvalue weighted by atomic mass is 19.4. The number of hydrogen-bond donors (Lipinski definition) is 1. The first kappa shape index (κ1) is 18.7. The fourth-order valence-corrected chi connectivity index (χ4v) is 2.99. The van der Waals surface area contributed by atoms with E-state index >= 15 is 0 Å². The fraction of sp³-hybridized carbons (Fsp3) is 0.278. The summed E-state index contributed by atoms with van der Waals surface area (Å²) in [5.41, 5.74) is -2.93. The van der Waals surface area contributed by atoms with Gasteiger partial charge in [-0.3, -0.25) is 18.7 Å². The number of rotatable bonds is 3. The van der Waals surface area contributed by atoms with Crippen molar-refractivity contribution in [3.63, 3.8) is 0 Å². The standard InChI is InChI=1S/C18H16F3N3O3/c1-3-8-24-15-13(16(26)23(2)17(24)27)14(25)12(22-15)9-10-6-4-5-7-11(10)18(19,20)21/h4-7,9,22H,3,8H2,1-2H3/b12-9-. The second-order valence-corrected chi connectivity index (χ2v) is 6.12. The molecule has 1 aromatic carbocycles. The predicted octanol–water partition coefficient (Wildman–Crippen LogP) is 2.63. The van der Waals surface area contributed by atoms with Crippen molar-refractivity contribution < 1.29 is 18.0 Å². The number of allylic oxidation sites excluding steroid dienone is 1. The summed E-state index contributed by atoms with van der Waals surface area (Å²) in [5, 5.41) is 2.67. The SMILES string of the molecule is CCCn1c2c(c(=O)n(C)c1=O)C(=O)/C(=C/c1ccccc1C(F)(F)F)N2. The Balaban J connectivity index is 2.18. The first-order valence-corrected chi connectivity index (χ1v) is 8.20. The van der Waals surface area contributed by atoms with Gasteiger partial charge in [-0.25, -0.2) is 4.79 Å². The topological polar surface area (TPSA) is 73.1 Å². The molecule has 1 aromatic heterocycles. The molecule has 0 amide bonds. The van der Waals surface area contributed by atoms with E-state index in [0.29, 0.717) is 6.42 Å². The number of hydrogen-bond acceptors (Lipinski definition) is 4. The Morgan fingerprint density at radius 3 is 2.44 bits per heavy atom. The lowest BCUT2D eigenvalue weighted by molar-refractivity contribution is -0.137.